The first-order valence-corrected chi connectivity index (χ1v) is 7.58. The number of hydrogen-bond donors (Lipinski definition) is 0. The molecule has 3 heteroatoms. The number of benzene rings is 1. The fourth-order valence-electron chi connectivity index (χ4n) is 1.58. The molecule has 1 aromatic carbocycles. The van der Waals surface area contributed by atoms with Crippen LogP contribution in [0.3, 0.4) is 0 Å². The van der Waals surface area contributed by atoms with Crippen molar-refractivity contribution in [2.24, 2.45) is 0 Å². The summed E-state index contributed by atoms with van der Waals surface area (Å²) in [6.07, 6.45) is 1.75. The van der Waals surface area contributed by atoms with Gasteiger partial charge in [0, 0.05) is 0 Å². The molecule has 0 amide bonds. The minimum absolute atomic E-state index is 0.0180. The second-order valence-electron chi connectivity index (χ2n) is 3.65. The van der Waals surface area contributed by atoms with Gasteiger partial charge in [0.05, 0.1) is 0 Å². The van der Waals surface area contributed by atoms with Crippen molar-refractivity contribution in [1.29, 1.82) is 0 Å². The van der Waals surface area contributed by atoms with Gasteiger partial charge in [0.15, 0.2) is 0 Å². The molecule has 80 valence electrons. The Kier molecular flexibility index (Phi) is 3.81. The molecule has 1 fully saturated rings. The van der Waals surface area contributed by atoms with Gasteiger partial charge < -0.3 is 0 Å². The van der Waals surface area contributed by atoms with Crippen molar-refractivity contribution in [3.63, 3.8) is 0 Å². The fraction of sp³-hybridized carbons (Fsp3) is 0.417. The van der Waals surface area contributed by atoms with Crippen LogP contribution in [0.4, 0.5) is 0 Å². The minimum atomic E-state index is -0.0180. The topological polar surface area (TPSA) is 26.3 Å². The number of carbonyl (C=O) groups is 1. The predicted molar refractivity (Wildman–Crippen MR) is 59.8 cm³/mol. The van der Waals surface area contributed by atoms with Crippen LogP contribution in [-0.2, 0) is 14.9 Å². The van der Waals surface area contributed by atoms with E-state index in [1.54, 1.807) is 0 Å². The van der Waals surface area contributed by atoms with E-state index in [1.807, 2.05) is 6.07 Å². The van der Waals surface area contributed by atoms with Gasteiger partial charge in [-0.2, -0.15) is 0 Å². The molecule has 2 rings (SSSR count). The number of rotatable bonds is 4. The molecule has 1 unspecified atom stereocenters. The quantitative estimate of drug-likeness (QED) is 0.617. The fourth-order valence-corrected chi connectivity index (χ4v) is 3.77. The zero-order valence-electron chi connectivity index (χ0n) is 8.52. The summed E-state index contributed by atoms with van der Waals surface area (Å²) in [5.74, 6) is -0.0180. The Hall–Kier alpha value is -0.791. The maximum atomic E-state index is 10.9. The summed E-state index contributed by atoms with van der Waals surface area (Å²) in [6.45, 7) is 0. The second-order valence-corrected chi connectivity index (χ2v) is 5.81. The number of cyclic esters (lactones) is 1. The zero-order valence-corrected chi connectivity index (χ0v) is 10.2. The summed E-state index contributed by atoms with van der Waals surface area (Å²) in [5.41, 5.74) is 1.39. The number of esters is 1. The Balaban J connectivity index is 1.69. The molecule has 0 saturated carbocycles. The summed E-state index contributed by atoms with van der Waals surface area (Å²) < 4.78 is 5.18. The standard InChI is InChI=1S/C12H14O2Se/c13-12-7-6-11(14-12)9-15-8-10-4-2-1-3-5-10/h1-5,11H,6-9H2. The van der Waals surface area contributed by atoms with Crippen LogP contribution in [0, 0.1) is 0 Å². The van der Waals surface area contributed by atoms with Gasteiger partial charge in [-0.1, -0.05) is 0 Å². The predicted octanol–water partition coefficient (Wildman–Crippen LogP) is 2.01. The molecule has 2 nitrogen and oxygen atoms in total. The SMILES string of the molecule is O=C1CCC(C[Se]Cc2ccccc2)O1. The van der Waals surface area contributed by atoms with Gasteiger partial charge in [-0.25, -0.2) is 0 Å². The Bertz CT molecular complexity index is 324. The van der Waals surface area contributed by atoms with Gasteiger partial charge in [0.25, 0.3) is 0 Å². The summed E-state index contributed by atoms with van der Waals surface area (Å²) in [6, 6.07) is 10.5. The Morgan fingerprint density at radius 2 is 2.13 bits per heavy atom. The molecule has 0 N–H and O–H groups in total. The average molecular weight is 269 g/mol. The van der Waals surface area contributed by atoms with Crippen LogP contribution in [-0.4, -0.2) is 27.0 Å². The summed E-state index contributed by atoms with van der Waals surface area (Å²) in [4.78, 5) is 10.9. The first-order chi connectivity index (χ1) is 7.34. The van der Waals surface area contributed by atoms with Crippen LogP contribution in [0.25, 0.3) is 0 Å². The molecular weight excluding hydrogens is 255 g/mol. The molecule has 1 saturated heterocycles. The molecule has 15 heavy (non-hydrogen) atoms. The molecule has 0 aromatic heterocycles. The molecule has 0 aliphatic carbocycles. The van der Waals surface area contributed by atoms with Crippen LogP contribution >= 0.6 is 0 Å². The Morgan fingerprint density at radius 1 is 1.33 bits per heavy atom. The summed E-state index contributed by atoms with van der Waals surface area (Å²) >= 11 is 0.552. The van der Waals surface area contributed by atoms with Crippen molar-refractivity contribution in [1.82, 2.24) is 0 Å². The maximum absolute atomic E-state index is 10.9. The van der Waals surface area contributed by atoms with Crippen LogP contribution in [0.15, 0.2) is 30.3 Å². The van der Waals surface area contributed by atoms with E-state index in [2.05, 4.69) is 24.3 Å². The molecule has 1 aromatic rings. The molecular formula is C12H14O2Se. The molecule has 0 spiro atoms. The normalized spacial score (nSPS) is 20.3. The Morgan fingerprint density at radius 3 is 2.80 bits per heavy atom. The zero-order chi connectivity index (χ0) is 10.5. The van der Waals surface area contributed by atoms with Gasteiger partial charge in [0.2, 0.25) is 0 Å². The van der Waals surface area contributed by atoms with E-state index in [-0.39, 0.29) is 12.1 Å². The van der Waals surface area contributed by atoms with Gasteiger partial charge in [-0.3, -0.25) is 0 Å². The van der Waals surface area contributed by atoms with Crippen LogP contribution < -0.4 is 0 Å². The molecule has 0 radical (unpaired) electrons. The van der Waals surface area contributed by atoms with E-state index in [0.717, 1.165) is 17.1 Å². The van der Waals surface area contributed by atoms with E-state index in [4.69, 9.17) is 4.74 Å². The number of hydrogen-bond acceptors (Lipinski definition) is 2. The summed E-state index contributed by atoms with van der Waals surface area (Å²) in [7, 11) is 0. The van der Waals surface area contributed by atoms with E-state index < -0.39 is 0 Å². The van der Waals surface area contributed by atoms with E-state index in [9.17, 15) is 4.79 Å². The number of carbonyl (C=O) groups excluding carboxylic acids is 1. The van der Waals surface area contributed by atoms with E-state index >= 15 is 0 Å². The molecule has 0 bridgehead atoms. The van der Waals surface area contributed by atoms with Crippen LogP contribution in [0.2, 0.25) is 5.32 Å². The first-order valence-electron chi connectivity index (χ1n) is 5.16. The van der Waals surface area contributed by atoms with Gasteiger partial charge in [-0.05, 0) is 0 Å². The van der Waals surface area contributed by atoms with Crippen molar-refractivity contribution >= 4 is 20.9 Å². The summed E-state index contributed by atoms with van der Waals surface area (Å²) in [5, 5.41) is 2.20. The van der Waals surface area contributed by atoms with Crippen LogP contribution in [0.1, 0.15) is 18.4 Å². The Labute approximate surface area is 96.2 Å². The third-order valence-electron chi connectivity index (χ3n) is 2.38. The third-order valence-corrected chi connectivity index (χ3v) is 4.79. The van der Waals surface area contributed by atoms with Crippen molar-refractivity contribution < 1.29 is 9.53 Å². The monoisotopic (exact) mass is 270 g/mol. The van der Waals surface area contributed by atoms with Crippen LogP contribution in [0.5, 0.6) is 0 Å². The molecule has 1 heterocycles. The van der Waals surface area contributed by atoms with Crippen molar-refractivity contribution in [3.8, 4) is 0 Å². The van der Waals surface area contributed by atoms with Crippen molar-refractivity contribution in [2.45, 2.75) is 29.6 Å². The molecule has 1 atom stereocenters. The van der Waals surface area contributed by atoms with Gasteiger partial charge in [0.1, 0.15) is 0 Å². The first kappa shape index (κ1) is 10.7. The molecule has 1 aliphatic rings. The van der Waals surface area contributed by atoms with E-state index in [1.165, 1.54) is 5.56 Å². The van der Waals surface area contributed by atoms with Gasteiger partial charge in [-0.15, -0.1) is 0 Å². The third kappa shape index (κ3) is 3.36. The van der Waals surface area contributed by atoms with Crippen molar-refractivity contribution in [2.75, 3.05) is 0 Å². The van der Waals surface area contributed by atoms with E-state index in [0.29, 0.717) is 21.4 Å². The van der Waals surface area contributed by atoms with Crippen molar-refractivity contribution in [3.05, 3.63) is 35.9 Å². The van der Waals surface area contributed by atoms with Gasteiger partial charge >= 0.3 is 95.9 Å². The number of ether oxygens (including phenoxy) is 1. The average Bonchev–Trinajstić information content (AvgIpc) is 2.66. The second kappa shape index (κ2) is 5.34. The molecule has 1 aliphatic heterocycles.